The summed E-state index contributed by atoms with van der Waals surface area (Å²) >= 11 is 13.2. The summed E-state index contributed by atoms with van der Waals surface area (Å²) in [4.78, 5) is 25.4. The Kier molecular flexibility index (Phi) is 6.67. The first-order chi connectivity index (χ1) is 13.4. The number of carbonyl (C=O) groups is 2. The highest BCUT2D eigenvalue weighted by atomic mass is 35.5. The van der Waals surface area contributed by atoms with Crippen LogP contribution in [0.15, 0.2) is 60.0 Å². The number of nitrogens with one attached hydrogen (secondary N) is 1. The summed E-state index contributed by atoms with van der Waals surface area (Å²) in [5.74, 6) is -1.60. The fraction of sp³-hybridized carbons (Fsp3) is 0.100. The summed E-state index contributed by atoms with van der Waals surface area (Å²) in [5.41, 5.74) is 0.830. The molecule has 0 radical (unpaired) electrons. The van der Waals surface area contributed by atoms with Crippen LogP contribution in [-0.4, -0.2) is 18.5 Å². The molecule has 1 N–H and O–H groups in total. The highest BCUT2D eigenvalue weighted by Crippen LogP contribution is 2.26. The number of halogens is 3. The summed E-state index contributed by atoms with van der Waals surface area (Å²) in [6.45, 7) is -0.485. The zero-order valence-corrected chi connectivity index (χ0v) is 16.7. The molecule has 0 spiro atoms. The Morgan fingerprint density at radius 1 is 1.11 bits per heavy atom. The van der Waals surface area contributed by atoms with E-state index in [2.05, 4.69) is 5.32 Å². The molecule has 1 aromatic heterocycles. The Labute approximate surface area is 174 Å². The van der Waals surface area contributed by atoms with Gasteiger partial charge in [-0.2, -0.15) is 0 Å². The summed E-state index contributed by atoms with van der Waals surface area (Å²) in [5, 5.41) is 5.20. The van der Waals surface area contributed by atoms with Crippen molar-refractivity contribution in [2.45, 2.75) is 6.04 Å². The van der Waals surface area contributed by atoms with Gasteiger partial charge in [-0.1, -0.05) is 41.4 Å². The van der Waals surface area contributed by atoms with E-state index in [9.17, 15) is 14.0 Å². The van der Waals surface area contributed by atoms with Crippen molar-refractivity contribution in [3.8, 4) is 0 Å². The number of rotatable bonds is 6. The van der Waals surface area contributed by atoms with Crippen LogP contribution >= 0.6 is 34.5 Å². The van der Waals surface area contributed by atoms with Crippen LogP contribution in [0, 0.1) is 5.82 Å². The van der Waals surface area contributed by atoms with Gasteiger partial charge in [0.05, 0.1) is 16.6 Å². The van der Waals surface area contributed by atoms with Crippen LogP contribution in [0.3, 0.4) is 0 Å². The van der Waals surface area contributed by atoms with Gasteiger partial charge in [-0.15, -0.1) is 11.3 Å². The first-order valence-electron chi connectivity index (χ1n) is 8.14. The smallest absolute Gasteiger partial charge is 0.340 e. The molecule has 3 rings (SSSR count). The minimum Gasteiger partial charge on any atom is -0.452 e. The predicted molar refractivity (Wildman–Crippen MR) is 107 cm³/mol. The molecular weight excluding hydrogens is 424 g/mol. The molecule has 0 saturated carbocycles. The Balaban J connectivity index is 1.67. The summed E-state index contributed by atoms with van der Waals surface area (Å²) in [7, 11) is 0. The average molecular weight is 438 g/mol. The fourth-order valence-electron chi connectivity index (χ4n) is 2.50. The number of carbonyl (C=O) groups excluding carboxylic acids is 2. The monoisotopic (exact) mass is 437 g/mol. The lowest BCUT2D eigenvalue weighted by atomic mass is 10.1. The van der Waals surface area contributed by atoms with Crippen LogP contribution in [0.25, 0.3) is 0 Å². The Morgan fingerprint density at radius 2 is 1.86 bits per heavy atom. The molecule has 0 aliphatic heterocycles. The number of hydrogen-bond donors (Lipinski definition) is 1. The van der Waals surface area contributed by atoms with Crippen molar-refractivity contribution in [1.29, 1.82) is 0 Å². The topological polar surface area (TPSA) is 55.4 Å². The van der Waals surface area contributed by atoms with E-state index in [1.54, 1.807) is 12.1 Å². The average Bonchev–Trinajstić information content (AvgIpc) is 3.19. The van der Waals surface area contributed by atoms with Gasteiger partial charge in [0.2, 0.25) is 0 Å². The molecule has 1 unspecified atom stereocenters. The first-order valence-corrected chi connectivity index (χ1v) is 9.78. The molecule has 1 atom stereocenters. The van der Waals surface area contributed by atoms with Gasteiger partial charge in [-0.25, -0.2) is 9.18 Å². The van der Waals surface area contributed by atoms with E-state index in [4.69, 9.17) is 27.9 Å². The van der Waals surface area contributed by atoms with E-state index in [1.807, 2.05) is 17.5 Å². The Morgan fingerprint density at radius 3 is 2.50 bits per heavy atom. The van der Waals surface area contributed by atoms with Gasteiger partial charge < -0.3 is 10.1 Å². The van der Waals surface area contributed by atoms with Crippen molar-refractivity contribution in [2.24, 2.45) is 0 Å². The standard InChI is InChI=1S/C20H14Cl2FNO3S/c21-13-5-8-15(16(22)10-13)20(26)27-11-18(25)24-19(17-2-1-9-28-17)12-3-6-14(23)7-4-12/h1-10,19H,11H2,(H,24,25). The SMILES string of the molecule is O=C(COC(=O)c1ccc(Cl)cc1Cl)NC(c1ccc(F)cc1)c1cccs1. The van der Waals surface area contributed by atoms with Crippen LogP contribution in [0.2, 0.25) is 10.0 Å². The molecule has 3 aromatic rings. The van der Waals surface area contributed by atoms with E-state index < -0.39 is 24.5 Å². The quantitative estimate of drug-likeness (QED) is 0.535. The van der Waals surface area contributed by atoms with E-state index in [1.165, 1.54) is 41.7 Å². The molecule has 28 heavy (non-hydrogen) atoms. The van der Waals surface area contributed by atoms with Crippen LogP contribution in [0.1, 0.15) is 26.8 Å². The van der Waals surface area contributed by atoms with E-state index in [0.29, 0.717) is 10.6 Å². The molecule has 0 aliphatic rings. The van der Waals surface area contributed by atoms with Gasteiger partial charge in [0.15, 0.2) is 6.61 Å². The Hall–Kier alpha value is -2.41. The van der Waals surface area contributed by atoms with Crippen LogP contribution < -0.4 is 5.32 Å². The maximum absolute atomic E-state index is 13.2. The lowest BCUT2D eigenvalue weighted by Gasteiger charge is -2.18. The maximum atomic E-state index is 13.2. The second kappa shape index (κ2) is 9.19. The lowest BCUT2D eigenvalue weighted by Crippen LogP contribution is -2.32. The summed E-state index contributed by atoms with van der Waals surface area (Å²) < 4.78 is 18.3. The van der Waals surface area contributed by atoms with Crippen molar-refractivity contribution in [3.05, 3.63) is 91.8 Å². The highest BCUT2D eigenvalue weighted by molar-refractivity contribution is 7.10. The molecule has 8 heteroatoms. The number of benzene rings is 2. The van der Waals surface area contributed by atoms with Crippen molar-refractivity contribution in [2.75, 3.05) is 6.61 Å². The first kappa shape index (κ1) is 20.3. The van der Waals surface area contributed by atoms with Gasteiger partial charge in [-0.05, 0) is 47.3 Å². The minimum absolute atomic E-state index is 0.118. The zero-order valence-electron chi connectivity index (χ0n) is 14.3. The third-order valence-electron chi connectivity index (χ3n) is 3.82. The molecule has 0 aliphatic carbocycles. The third kappa shape index (κ3) is 5.10. The van der Waals surface area contributed by atoms with Crippen LogP contribution in [0.4, 0.5) is 4.39 Å². The molecule has 0 bridgehead atoms. The lowest BCUT2D eigenvalue weighted by molar-refractivity contribution is -0.124. The van der Waals surface area contributed by atoms with Crippen molar-refractivity contribution < 1.29 is 18.7 Å². The highest BCUT2D eigenvalue weighted by Gasteiger charge is 2.20. The van der Waals surface area contributed by atoms with E-state index >= 15 is 0 Å². The van der Waals surface area contributed by atoms with Crippen molar-refractivity contribution >= 4 is 46.4 Å². The number of esters is 1. The van der Waals surface area contributed by atoms with Gasteiger partial charge in [0, 0.05) is 9.90 Å². The molecule has 2 aromatic carbocycles. The van der Waals surface area contributed by atoms with Crippen molar-refractivity contribution in [1.82, 2.24) is 5.32 Å². The molecule has 4 nitrogen and oxygen atoms in total. The molecule has 1 amide bonds. The molecular formula is C20H14Cl2FNO3S. The van der Waals surface area contributed by atoms with Crippen molar-refractivity contribution in [3.63, 3.8) is 0 Å². The van der Waals surface area contributed by atoms with Gasteiger partial charge >= 0.3 is 5.97 Å². The van der Waals surface area contributed by atoms with Gasteiger partial charge in [0.25, 0.3) is 5.91 Å². The normalized spacial score (nSPS) is 11.7. The second-order valence-corrected chi connectivity index (χ2v) is 7.59. The number of hydrogen-bond acceptors (Lipinski definition) is 4. The number of ether oxygens (including phenoxy) is 1. The zero-order chi connectivity index (χ0) is 20.1. The molecule has 1 heterocycles. The van der Waals surface area contributed by atoms with Gasteiger partial charge in [0.1, 0.15) is 5.82 Å². The second-order valence-electron chi connectivity index (χ2n) is 5.77. The third-order valence-corrected chi connectivity index (χ3v) is 5.31. The summed E-state index contributed by atoms with van der Waals surface area (Å²) in [6.07, 6.45) is 0. The predicted octanol–water partition coefficient (Wildman–Crippen LogP) is 5.26. The van der Waals surface area contributed by atoms with Crippen LogP contribution in [-0.2, 0) is 9.53 Å². The van der Waals surface area contributed by atoms with E-state index in [0.717, 1.165) is 4.88 Å². The Bertz CT molecular complexity index is 978. The minimum atomic E-state index is -0.730. The van der Waals surface area contributed by atoms with Crippen LogP contribution in [0.5, 0.6) is 0 Å². The van der Waals surface area contributed by atoms with Gasteiger partial charge in [-0.3, -0.25) is 4.79 Å². The molecule has 144 valence electrons. The fourth-order valence-corrected chi connectivity index (χ4v) is 3.78. The largest absolute Gasteiger partial charge is 0.452 e. The number of thiophene rings is 1. The summed E-state index contributed by atoms with van der Waals surface area (Å²) in [6, 6.07) is 13.4. The maximum Gasteiger partial charge on any atom is 0.340 e. The molecule has 0 fully saturated rings. The molecule has 0 saturated heterocycles. The van der Waals surface area contributed by atoms with E-state index in [-0.39, 0.29) is 16.4 Å². The number of amides is 1.